The molecule has 0 atom stereocenters. The largest absolute Gasteiger partial charge is 0.490 e. The summed E-state index contributed by atoms with van der Waals surface area (Å²) >= 11 is 0. The Balaban J connectivity index is 1.11. The molecule has 41 heavy (non-hydrogen) atoms. The van der Waals surface area contributed by atoms with E-state index in [1.807, 2.05) is 18.3 Å². The van der Waals surface area contributed by atoms with Crippen LogP contribution in [0.3, 0.4) is 0 Å². The lowest BCUT2D eigenvalue weighted by Gasteiger charge is -2.35. The Morgan fingerprint density at radius 2 is 1.83 bits per heavy atom. The molecule has 4 aromatic rings. The fourth-order valence-electron chi connectivity index (χ4n) is 5.42. The topological polar surface area (TPSA) is 101 Å². The second-order valence-corrected chi connectivity index (χ2v) is 10.2. The fraction of sp³-hybridized carbons (Fsp3) is 0.290. The Labute approximate surface area is 237 Å². The second kappa shape index (κ2) is 11.9. The third kappa shape index (κ3) is 6.12. The van der Waals surface area contributed by atoms with Crippen molar-refractivity contribution in [3.8, 4) is 17.2 Å². The Kier molecular flexibility index (Phi) is 7.73. The zero-order valence-electron chi connectivity index (χ0n) is 22.4. The number of halogens is 1. The monoisotopic (exact) mass is 555 g/mol. The van der Waals surface area contributed by atoms with Gasteiger partial charge in [-0.05, 0) is 29.8 Å². The highest BCUT2D eigenvalue weighted by molar-refractivity contribution is 5.91. The van der Waals surface area contributed by atoms with Gasteiger partial charge in [-0.25, -0.2) is 19.2 Å². The minimum Gasteiger partial charge on any atom is -0.490 e. The summed E-state index contributed by atoms with van der Waals surface area (Å²) in [4.78, 5) is 29.2. The molecule has 2 aliphatic rings. The Hall–Kier alpha value is -4.57. The van der Waals surface area contributed by atoms with Crippen molar-refractivity contribution in [1.29, 1.82) is 0 Å². The minimum absolute atomic E-state index is 0.0249. The van der Waals surface area contributed by atoms with E-state index in [4.69, 9.17) is 9.47 Å². The molecule has 1 N–H and O–H groups in total. The van der Waals surface area contributed by atoms with Crippen LogP contribution in [-0.4, -0.2) is 56.7 Å². The number of hydrogen-bond donors (Lipinski definition) is 1. The van der Waals surface area contributed by atoms with Crippen molar-refractivity contribution < 1.29 is 23.8 Å². The van der Waals surface area contributed by atoms with Crippen LogP contribution in [0.15, 0.2) is 73.3 Å². The van der Waals surface area contributed by atoms with Crippen molar-refractivity contribution >= 4 is 11.8 Å². The highest BCUT2D eigenvalue weighted by atomic mass is 19.1. The van der Waals surface area contributed by atoms with E-state index in [1.165, 1.54) is 24.2 Å². The SMILES string of the molecule is O=C(O)c1cc(F)ccc1Oc1cncnc1N1CCC(Oc2ccnc3c2CN(Cc2ccccc2)CC3)CC1. The molecule has 0 aliphatic carbocycles. The van der Waals surface area contributed by atoms with Gasteiger partial charge in [0.05, 0.1) is 6.20 Å². The second-order valence-electron chi connectivity index (χ2n) is 10.2. The molecule has 6 rings (SSSR count). The van der Waals surface area contributed by atoms with Gasteiger partial charge in [-0.1, -0.05) is 30.3 Å². The molecule has 4 heterocycles. The van der Waals surface area contributed by atoms with Crippen LogP contribution in [0.4, 0.5) is 10.2 Å². The van der Waals surface area contributed by atoms with Gasteiger partial charge in [0.1, 0.15) is 35.3 Å². The van der Waals surface area contributed by atoms with E-state index in [0.717, 1.165) is 68.0 Å². The van der Waals surface area contributed by atoms with Gasteiger partial charge < -0.3 is 19.5 Å². The van der Waals surface area contributed by atoms with Crippen LogP contribution < -0.4 is 14.4 Å². The number of carboxylic acid groups (broad SMARTS) is 1. The first-order valence-electron chi connectivity index (χ1n) is 13.7. The molecule has 2 aromatic carbocycles. The van der Waals surface area contributed by atoms with E-state index in [2.05, 4.69) is 49.0 Å². The molecular weight excluding hydrogens is 525 g/mol. The Morgan fingerprint density at radius 1 is 1.00 bits per heavy atom. The lowest BCUT2D eigenvalue weighted by atomic mass is 10.0. The fourth-order valence-corrected chi connectivity index (χ4v) is 5.42. The summed E-state index contributed by atoms with van der Waals surface area (Å²) in [7, 11) is 0. The first-order valence-corrected chi connectivity index (χ1v) is 13.7. The minimum atomic E-state index is -1.28. The number of hydrogen-bond acceptors (Lipinski definition) is 8. The number of fused-ring (bicyclic) bond motifs is 1. The summed E-state index contributed by atoms with van der Waals surface area (Å²) in [5.74, 6) is -0.149. The van der Waals surface area contributed by atoms with Crippen molar-refractivity contribution in [3.63, 3.8) is 0 Å². The number of pyridine rings is 1. The molecular formula is C31H30FN5O4. The molecule has 9 nitrogen and oxygen atoms in total. The number of carbonyl (C=O) groups is 1. The van der Waals surface area contributed by atoms with E-state index in [0.29, 0.717) is 24.7 Å². The predicted molar refractivity (Wildman–Crippen MR) is 150 cm³/mol. The average Bonchev–Trinajstić information content (AvgIpc) is 2.99. The van der Waals surface area contributed by atoms with Gasteiger partial charge in [0.2, 0.25) is 0 Å². The first-order chi connectivity index (χ1) is 20.0. The highest BCUT2D eigenvalue weighted by Gasteiger charge is 2.27. The summed E-state index contributed by atoms with van der Waals surface area (Å²) in [5, 5.41) is 9.48. The van der Waals surface area contributed by atoms with Gasteiger partial charge in [-0.15, -0.1) is 0 Å². The summed E-state index contributed by atoms with van der Waals surface area (Å²) < 4.78 is 26.1. The molecule has 210 valence electrons. The quantitative estimate of drug-likeness (QED) is 0.318. The number of nitrogens with zero attached hydrogens (tertiary/aromatic N) is 5. The molecule has 0 saturated carbocycles. The molecule has 10 heteroatoms. The number of piperidine rings is 1. The van der Waals surface area contributed by atoms with Crippen LogP contribution in [-0.2, 0) is 19.5 Å². The highest BCUT2D eigenvalue weighted by Crippen LogP contribution is 2.34. The van der Waals surface area contributed by atoms with E-state index in [9.17, 15) is 14.3 Å². The van der Waals surface area contributed by atoms with E-state index in [1.54, 1.807) is 0 Å². The first kappa shape index (κ1) is 26.6. The van der Waals surface area contributed by atoms with Gasteiger partial charge in [-0.2, -0.15) is 0 Å². The van der Waals surface area contributed by atoms with Gasteiger partial charge in [0, 0.05) is 69.4 Å². The summed E-state index contributed by atoms with van der Waals surface area (Å²) in [6.07, 6.45) is 7.22. The maximum atomic E-state index is 13.6. The number of carboxylic acids is 1. The zero-order chi connectivity index (χ0) is 28.2. The molecule has 1 fully saturated rings. The van der Waals surface area contributed by atoms with Crippen LogP contribution in [0.2, 0.25) is 0 Å². The maximum Gasteiger partial charge on any atom is 0.339 e. The van der Waals surface area contributed by atoms with Crippen LogP contribution >= 0.6 is 0 Å². The Morgan fingerprint density at radius 3 is 2.63 bits per heavy atom. The molecule has 2 aromatic heterocycles. The number of aromatic nitrogens is 3. The van der Waals surface area contributed by atoms with Crippen molar-refractivity contribution in [1.82, 2.24) is 19.9 Å². The number of rotatable bonds is 8. The van der Waals surface area contributed by atoms with Crippen LogP contribution in [0, 0.1) is 5.82 Å². The molecule has 2 aliphatic heterocycles. The smallest absolute Gasteiger partial charge is 0.339 e. The number of aromatic carboxylic acids is 1. The zero-order valence-corrected chi connectivity index (χ0v) is 22.4. The van der Waals surface area contributed by atoms with Crippen LogP contribution in [0.5, 0.6) is 17.2 Å². The third-order valence-electron chi connectivity index (χ3n) is 7.48. The molecule has 1 saturated heterocycles. The van der Waals surface area contributed by atoms with E-state index in [-0.39, 0.29) is 17.4 Å². The third-order valence-corrected chi connectivity index (χ3v) is 7.48. The van der Waals surface area contributed by atoms with Crippen LogP contribution in [0.1, 0.15) is 40.0 Å². The lowest BCUT2D eigenvalue weighted by Crippen LogP contribution is -2.39. The van der Waals surface area contributed by atoms with Gasteiger partial charge in [0.25, 0.3) is 0 Å². The molecule has 0 radical (unpaired) electrons. The molecule has 0 amide bonds. The van der Waals surface area contributed by atoms with E-state index >= 15 is 0 Å². The van der Waals surface area contributed by atoms with Crippen molar-refractivity contribution in [3.05, 3.63) is 102 Å². The van der Waals surface area contributed by atoms with Crippen molar-refractivity contribution in [2.24, 2.45) is 0 Å². The number of ether oxygens (including phenoxy) is 2. The molecule has 0 spiro atoms. The van der Waals surface area contributed by atoms with E-state index < -0.39 is 11.8 Å². The summed E-state index contributed by atoms with van der Waals surface area (Å²) in [6, 6.07) is 15.9. The number of anilines is 1. The number of benzene rings is 2. The van der Waals surface area contributed by atoms with Gasteiger partial charge in [0.15, 0.2) is 11.6 Å². The summed E-state index contributed by atoms with van der Waals surface area (Å²) in [5.41, 5.74) is 3.29. The average molecular weight is 556 g/mol. The van der Waals surface area contributed by atoms with Crippen molar-refractivity contribution in [2.75, 3.05) is 24.5 Å². The van der Waals surface area contributed by atoms with Gasteiger partial charge >= 0.3 is 5.97 Å². The lowest BCUT2D eigenvalue weighted by molar-refractivity contribution is 0.0693. The standard InChI is InChI=1S/C31H30FN5O4/c32-22-6-7-27(24(16-22)31(38)39)41-29-17-33-20-35-30(29)37-14-9-23(10-15-37)40-28-8-12-34-26-11-13-36(19-25(26)28)18-21-4-2-1-3-5-21/h1-8,12,16-17,20,23H,9-11,13-15,18-19H2,(H,38,39). The van der Waals surface area contributed by atoms with Crippen LogP contribution in [0.25, 0.3) is 0 Å². The van der Waals surface area contributed by atoms with Crippen molar-refractivity contribution in [2.45, 2.75) is 38.5 Å². The Bertz CT molecular complexity index is 1530. The predicted octanol–water partition coefficient (Wildman–Crippen LogP) is 5.11. The maximum absolute atomic E-state index is 13.6. The summed E-state index contributed by atoms with van der Waals surface area (Å²) in [6.45, 7) is 3.99. The van der Waals surface area contributed by atoms with Gasteiger partial charge in [-0.3, -0.25) is 9.88 Å². The molecule has 0 bridgehead atoms. The normalized spacial score (nSPS) is 15.8. The molecule has 0 unspecified atom stereocenters.